The number of anilines is 2. The van der Waals surface area contributed by atoms with E-state index in [2.05, 4.69) is 15.5 Å². The zero-order valence-corrected chi connectivity index (χ0v) is 9.78. The molecular formula is C12H11F3N4. The number of halogens is 3. The van der Waals surface area contributed by atoms with Crippen molar-refractivity contribution in [2.24, 2.45) is 0 Å². The number of benzene rings is 1. The first-order chi connectivity index (χ1) is 8.97. The second kappa shape index (κ2) is 5.13. The quantitative estimate of drug-likeness (QED) is 0.840. The molecule has 0 aliphatic carbocycles. The van der Waals surface area contributed by atoms with Crippen molar-refractivity contribution in [3.8, 4) is 0 Å². The summed E-state index contributed by atoms with van der Waals surface area (Å²) >= 11 is 0. The molecule has 0 atom stereocenters. The molecule has 19 heavy (non-hydrogen) atoms. The average molecular weight is 268 g/mol. The number of rotatable bonds is 3. The fourth-order valence-corrected chi connectivity index (χ4v) is 1.53. The molecule has 0 bridgehead atoms. The number of alkyl halides is 3. The molecule has 0 aliphatic heterocycles. The first-order valence-corrected chi connectivity index (χ1v) is 5.44. The zero-order valence-electron chi connectivity index (χ0n) is 9.78. The van der Waals surface area contributed by atoms with Crippen LogP contribution in [0.5, 0.6) is 0 Å². The van der Waals surface area contributed by atoms with Gasteiger partial charge in [-0.25, -0.2) is 0 Å². The minimum Gasteiger partial charge on any atom is -0.398 e. The van der Waals surface area contributed by atoms with Crippen LogP contribution in [0.3, 0.4) is 0 Å². The van der Waals surface area contributed by atoms with Gasteiger partial charge in [0.2, 0.25) is 0 Å². The highest BCUT2D eigenvalue weighted by molar-refractivity contribution is 5.58. The number of aromatic nitrogens is 2. The van der Waals surface area contributed by atoms with Gasteiger partial charge in [0.1, 0.15) is 0 Å². The third kappa shape index (κ3) is 3.34. The largest absolute Gasteiger partial charge is 0.418 e. The van der Waals surface area contributed by atoms with Gasteiger partial charge in [0.05, 0.1) is 17.8 Å². The van der Waals surface area contributed by atoms with E-state index >= 15 is 0 Å². The van der Waals surface area contributed by atoms with Crippen LogP contribution < -0.4 is 11.1 Å². The molecule has 0 saturated carbocycles. The molecule has 100 valence electrons. The minimum atomic E-state index is -4.46. The van der Waals surface area contributed by atoms with E-state index in [1.165, 1.54) is 18.3 Å². The highest BCUT2D eigenvalue weighted by atomic mass is 19.4. The van der Waals surface area contributed by atoms with Gasteiger partial charge in [-0.05, 0) is 30.3 Å². The van der Waals surface area contributed by atoms with Crippen molar-refractivity contribution < 1.29 is 13.2 Å². The van der Waals surface area contributed by atoms with Crippen LogP contribution in [-0.4, -0.2) is 10.2 Å². The lowest BCUT2D eigenvalue weighted by Crippen LogP contribution is -2.10. The molecule has 2 rings (SSSR count). The molecular weight excluding hydrogens is 257 g/mol. The Morgan fingerprint density at radius 3 is 2.63 bits per heavy atom. The summed E-state index contributed by atoms with van der Waals surface area (Å²) in [5.41, 5.74) is 5.13. The van der Waals surface area contributed by atoms with Gasteiger partial charge in [0, 0.05) is 17.6 Å². The first kappa shape index (κ1) is 13.1. The zero-order chi connectivity index (χ0) is 13.9. The van der Waals surface area contributed by atoms with E-state index in [4.69, 9.17) is 5.73 Å². The van der Waals surface area contributed by atoms with Gasteiger partial charge in [-0.15, -0.1) is 0 Å². The Morgan fingerprint density at radius 1 is 1.21 bits per heavy atom. The Hall–Kier alpha value is -2.31. The summed E-state index contributed by atoms with van der Waals surface area (Å²) in [5, 5.41) is 10.3. The lowest BCUT2D eigenvalue weighted by Gasteiger charge is -2.12. The normalized spacial score (nSPS) is 11.3. The molecule has 1 aromatic carbocycles. The molecule has 1 aromatic heterocycles. The second-order valence-electron chi connectivity index (χ2n) is 3.87. The number of nitrogen functional groups attached to an aromatic ring is 1. The summed E-state index contributed by atoms with van der Waals surface area (Å²) in [4.78, 5) is 0. The molecule has 0 aliphatic rings. The fourth-order valence-electron chi connectivity index (χ4n) is 1.53. The molecule has 7 heteroatoms. The molecule has 0 radical (unpaired) electrons. The highest BCUT2D eigenvalue weighted by Gasteiger charge is 2.33. The van der Waals surface area contributed by atoms with Crippen molar-refractivity contribution in [2.45, 2.75) is 12.7 Å². The lowest BCUT2D eigenvalue weighted by atomic mass is 10.1. The van der Waals surface area contributed by atoms with Crippen LogP contribution in [0.1, 0.15) is 11.3 Å². The fraction of sp³-hybridized carbons (Fsp3) is 0.167. The smallest absolute Gasteiger partial charge is 0.398 e. The van der Waals surface area contributed by atoms with Gasteiger partial charge in [-0.3, -0.25) is 0 Å². The van der Waals surface area contributed by atoms with Crippen LogP contribution in [0.2, 0.25) is 0 Å². The predicted octanol–water partition coefficient (Wildman–Crippen LogP) is 2.69. The van der Waals surface area contributed by atoms with Gasteiger partial charge in [0.15, 0.2) is 0 Å². The van der Waals surface area contributed by atoms with Crippen LogP contribution in [0.4, 0.5) is 24.5 Å². The summed E-state index contributed by atoms with van der Waals surface area (Å²) in [6.07, 6.45) is -2.94. The van der Waals surface area contributed by atoms with E-state index in [1.807, 2.05) is 0 Å². The highest BCUT2D eigenvalue weighted by Crippen LogP contribution is 2.35. The van der Waals surface area contributed by atoms with Crippen molar-refractivity contribution in [1.29, 1.82) is 0 Å². The number of nitrogens with one attached hydrogen (secondary N) is 1. The summed E-state index contributed by atoms with van der Waals surface area (Å²) in [6, 6.07) is 7.12. The van der Waals surface area contributed by atoms with Crippen molar-refractivity contribution in [3.63, 3.8) is 0 Å². The van der Waals surface area contributed by atoms with Gasteiger partial charge in [-0.1, -0.05) is 0 Å². The van der Waals surface area contributed by atoms with Gasteiger partial charge in [-0.2, -0.15) is 23.4 Å². The maximum Gasteiger partial charge on any atom is 0.418 e. The van der Waals surface area contributed by atoms with Crippen molar-refractivity contribution in [3.05, 3.63) is 47.8 Å². The van der Waals surface area contributed by atoms with Crippen LogP contribution in [0, 0.1) is 0 Å². The Labute approximate surface area is 107 Å². The molecule has 0 spiro atoms. The van der Waals surface area contributed by atoms with Gasteiger partial charge >= 0.3 is 6.18 Å². The van der Waals surface area contributed by atoms with E-state index in [9.17, 15) is 13.2 Å². The van der Waals surface area contributed by atoms with Crippen molar-refractivity contribution in [1.82, 2.24) is 10.2 Å². The third-order valence-electron chi connectivity index (χ3n) is 2.46. The van der Waals surface area contributed by atoms with Crippen LogP contribution in [-0.2, 0) is 12.7 Å². The van der Waals surface area contributed by atoms with E-state index in [0.717, 1.165) is 6.07 Å². The van der Waals surface area contributed by atoms with Crippen molar-refractivity contribution in [2.75, 3.05) is 11.1 Å². The maximum absolute atomic E-state index is 12.7. The minimum absolute atomic E-state index is 0.287. The number of hydrogen-bond donors (Lipinski definition) is 2. The standard InChI is InChI=1S/C12H11F3N4/c13-12(14,15)10-6-8(3-4-11(10)16)17-7-9-2-1-5-18-19-9/h1-6,17H,7,16H2. The average Bonchev–Trinajstić information content (AvgIpc) is 2.37. The predicted molar refractivity (Wildman–Crippen MR) is 65.2 cm³/mol. The van der Waals surface area contributed by atoms with E-state index in [1.54, 1.807) is 12.1 Å². The number of hydrogen-bond acceptors (Lipinski definition) is 4. The molecule has 0 saturated heterocycles. The Morgan fingerprint density at radius 2 is 2.00 bits per heavy atom. The summed E-state index contributed by atoms with van der Waals surface area (Å²) in [5.74, 6) is 0. The Bertz CT molecular complexity index is 555. The van der Waals surface area contributed by atoms with E-state index in [0.29, 0.717) is 11.4 Å². The molecule has 1 heterocycles. The second-order valence-corrected chi connectivity index (χ2v) is 3.87. The molecule has 0 fully saturated rings. The monoisotopic (exact) mass is 268 g/mol. The third-order valence-corrected chi connectivity index (χ3v) is 2.46. The number of nitrogens with zero attached hydrogens (tertiary/aromatic N) is 2. The Balaban J connectivity index is 2.14. The van der Waals surface area contributed by atoms with Crippen LogP contribution in [0.25, 0.3) is 0 Å². The summed E-state index contributed by atoms with van der Waals surface area (Å²) < 4.78 is 38.0. The van der Waals surface area contributed by atoms with Gasteiger partial charge in [0.25, 0.3) is 0 Å². The van der Waals surface area contributed by atoms with Crippen molar-refractivity contribution >= 4 is 11.4 Å². The maximum atomic E-state index is 12.7. The SMILES string of the molecule is Nc1ccc(NCc2cccnn2)cc1C(F)(F)F. The lowest BCUT2D eigenvalue weighted by molar-refractivity contribution is -0.136. The first-order valence-electron chi connectivity index (χ1n) is 5.44. The van der Waals surface area contributed by atoms with Gasteiger partial charge < -0.3 is 11.1 Å². The molecule has 4 nitrogen and oxygen atoms in total. The van der Waals surface area contributed by atoms with E-state index in [-0.39, 0.29) is 12.2 Å². The topological polar surface area (TPSA) is 63.8 Å². The van der Waals surface area contributed by atoms with E-state index < -0.39 is 11.7 Å². The Kier molecular flexibility index (Phi) is 3.55. The van der Waals surface area contributed by atoms with Crippen LogP contribution >= 0.6 is 0 Å². The molecule has 0 unspecified atom stereocenters. The molecule has 2 aromatic rings. The van der Waals surface area contributed by atoms with Crippen LogP contribution in [0.15, 0.2) is 36.5 Å². The molecule has 3 N–H and O–H groups in total. The number of nitrogens with two attached hydrogens (primary N) is 1. The summed E-state index contributed by atoms with van der Waals surface area (Å²) in [7, 11) is 0. The summed E-state index contributed by atoms with van der Waals surface area (Å²) in [6.45, 7) is 0.287. The molecule has 0 amide bonds.